The third kappa shape index (κ3) is 3.21. The summed E-state index contributed by atoms with van der Waals surface area (Å²) in [5.74, 6) is 0.725. The Morgan fingerprint density at radius 3 is 2.56 bits per heavy atom. The maximum Gasteiger partial charge on any atom is 0.243 e. The Hall–Kier alpha value is -2.38. The first-order chi connectivity index (χ1) is 12.9. The van der Waals surface area contributed by atoms with Gasteiger partial charge >= 0.3 is 0 Å². The first-order valence-electron chi connectivity index (χ1n) is 8.93. The Labute approximate surface area is 159 Å². The Bertz CT molecular complexity index is 961. The molecular weight excluding hydrogens is 364 g/mol. The summed E-state index contributed by atoms with van der Waals surface area (Å²) in [6.45, 7) is 1.34. The van der Waals surface area contributed by atoms with Gasteiger partial charge in [-0.15, -0.1) is 0 Å². The lowest BCUT2D eigenvalue weighted by Gasteiger charge is -2.24. The molecule has 2 heterocycles. The molecule has 27 heavy (non-hydrogen) atoms. The Kier molecular flexibility index (Phi) is 4.44. The van der Waals surface area contributed by atoms with Crippen molar-refractivity contribution in [2.75, 3.05) is 31.6 Å². The Morgan fingerprint density at radius 2 is 1.81 bits per heavy atom. The van der Waals surface area contributed by atoms with Gasteiger partial charge in [-0.05, 0) is 30.7 Å². The molecule has 0 radical (unpaired) electrons. The van der Waals surface area contributed by atoms with Crippen molar-refractivity contribution in [2.45, 2.75) is 17.7 Å². The van der Waals surface area contributed by atoms with Crippen LogP contribution in [-0.4, -0.2) is 45.4 Å². The minimum absolute atomic E-state index is 0.0298. The van der Waals surface area contributed by atoms with E-state index in [9.17, 15) is 13.2 Å². The van der Waals surface area contributed by atoms with Crippen LogP contribution < -0.4 is 9.64 Å². The quantitative estimate of drug-likeness (QED) is 0.810. The fourth-order valence-corrected chi connectivity index (χ4v) is 5.60. The van der Waals surface area contributed by atoms with E-state index in [-0.39, 0.29) is 11.3 Å². The van der Waals surface area contributed by atoms with Crippen LogP contribution >= 0.6 is 0 Å². The number of ether oxygens (including phenoxy) is 1. The molecule has 2 aromatic carbocycles. The molecule has 2 aliphatic heterocycles. The molecule has 142 valence electrons. The van der Waals surface area contributed by atoms with E-state index in [0.717, 1.165) is 5.69 Å². The highest BCUT2D eigenvalue weighted by Gasteiger charge is 2.50. The van der Waals surface area contributed by atoms with Crippen LogP contribution in [0.4, 0.5) is 5.69 Å². The van der Waals surface area contributed by atoms with E-state index >= 15 is 0 Å². The van der Waals surface area contributed by atoms with Crippen LogP contribution in [0.15, 0.2) is 59.5 Å². The lowest BCUT2D eigenvalue weighted by atomic mass is 9.86. The average molecular weight is 386 g/mol. The molecule has 1 unspecified atom stereocenters. The second-order valence-electron chi connectivity index (χ2n) is 7.26. The molecule has 4 rings (SSSR count). The van der Waals surface area contributed by atoms with E-state index in [1.807, 2.05) is 24.3 Å². The summed E-state index contributed by atoms with van der Waals surface area (Å²) in [6.07, 6.45) is 1.05. The maximum atomic E-state index is 12.9. The first kappa shape index (κ1) is 18.0. The van der Waals surface area contributed by atoms with Gasteiger partial charge in [0.2, 0.25) is 15.9 Å². The molecule has 1 amide bonds. The van der Waals surface area contributed by atoms with Crippen LogP contribution in [0.5, 0.6) is 5.75 Å². The van der Waals surface area contributed by atoms with E-state index < -0.39 is 10.0 Å². The summed E-state index contributed by atoms with van der Waals surface area (Å²) < 4.78 is 32.6. The number of carbonyl (C=O) groups excluding carboxylic acids is 1. The van der Waals surface area contributed by atoms with Gasteiger partial charge in [0, 0.05) is 43.2 Å². The summed E-state index contributed by atoms with van der Waals surface area (Å²) in [7, 11) is -1.94. The number of benzene rings is 2. The smallest absolute Gasteiger partial charge is 0.243 e. The highest BCUT2D eigenvalue weighted by molar-refractivity contribution is 7.89. The van der Waals surface area contributed by atoms with E-state index in [0.29, 0.717) is 43.1 Å². The van der Waals surface area contributed by atoms with Gasteiger partial charge in [0.25, 0.3) is 0 Å². The number of anilines is 1. The Morgan fingerprint density at radius 1 is 1.04 bits per heavy atom. The third-order valence-corrected chi connectivity index (χ3v) is 7.33. The maximum absolute atomic E-state index is 12.9. The second-order valence-corrected chi connectivity index (χ2v) is 9.20. The van der Waals surface area contributed by atoms with Crippen LogP contribution in [0.2, 0.25) is 0 Å². The predicted octanol–water partition coefficient (Wildman–Crippen LogP) is 2.51. The number of sulfonamides is 1. The van der Waals surface area contributed by atoms with Gasteiger partial charge in [-0.25, -0.2) is 8.42 Å². The Balaban J connectivity index is 1.55. The van der Waals surface area contributed by atoms with Crippen molar-refractivity contribution in [2.24, 2.45) is 5.41 Å². The molecule has 2 aliphatic rings. The summed E-state index contributed by atoms with van der Waals surface area (Å²) in [5, 5.41) is 0. The predicted molar refractivity (Wildman–Crippen MR) is 102 cm³/mol. The molecule has 0 aromatic heterocycles. The average Bonchev–Trinajstić information content (AvgIpc) is 3.26. The summed E-state index contributed by atoms with van der Waals surface area (Å²) in [4.78, 5) is 14.7. The fourth-order valence-electron chi connectivity index (χ4n) is 4.02. The van der Waals surface area contributed by atoms with Gasteiger partial charge in [-0.1, -0.05) is 24.3 Å². The molecule has 2 fully saturated rings. The molecule has 0 aliphatic carbocycles. The standard InChI is InChI=1S/C20H22N2O4S/c1-26-17-7-5-6-16(12-17)22-15-20(13-19(22)23)10-11-21(14-20)27(24,25)18-8-3-2-4-9-18/h2-9,12H,10-11,13-15H2,1H3. The van der Waals surface area contributed by atoms with E-state index in [1.165, 1.54) is 4.31 Å². The molecule has 0 saturated carbocycles. The van der Waals surface area contributed by atoms with Crippen LogP contribution in [0, 0.1) is 5.41 Å². The number of carbonyl (C=O) groups is 1. The van der Waals surface area contributed by atoms with E-state index in [2.05, 4.69) is 0 Å². The monoisotopic (exact) mass is 386 g/mol. The SMILES string of the molecule is COc1cccc(N2CC3(CCN(S(=O)(=O)c4ccccc4)C3)CC2=O)c1. The van der Waals surface area contributed by atoms with Crippen molar-refractivity contribution in [3.8, 4) is 5.75 Å². The molecule has 1 atom stereocenters. The van der Waals surface area contributed by atoms with Gasteiger partial charge in [0.1, 0.15) is 5.75 Å². The topological polar surface area (TPSA) is 66.9 Å². The zero-order chi connectivity index (χ0) is 19.1. The number of amides is 1. The van der Waals surface area contributed by atoms with Crippen molar-refractivity contribution in [3.63, 3.8) is 0 Å². The molecule has 0 bridgehead atoms. The van der Waals surface area contributed by atoms with Crippen molar-refractivity contribution >= 4 is 21.6 Å². The lowest BCUT2D eigenvalue weighted by Crippen LogP contribution is -2.34. The molecule has 7 heteroatoms. The molecule has 2 aromatic rings. The lowest BCUT2D eigenvalue weighted by molar-refractivity contribution is -0.117. The normalized spacial score (nSPS) is 23.3. The number of hydrogen-bond donors (Lipinski definition) is 0. The van der Waals surface area contributed by atoms with Crippen LogP contribution in [0.1, 0.15) is 12.8 Å². The molecule has 2 saturated heterocycles. The fraction of sp³-hybridized carbons (Fsp3) is 0.350. The van der Waals surface area contributed by atoms with Crippen LogP contribution in [0.25, 0.3) is 0 Å². The van der Waals surface area contributed by atoms with E-state index in [1.54, 1.807) is 42.3 Å². The number of nitrogens with zero attached hydrogens (tertiary/aromatic N) is 2. The van der Waals surface area contributed by atoms with Crippen molar-refractivity contribution in [3.05, 3.63) is 54.6 Å². The zero-order valence-electron chi connectivity index (χ0n) is 15.2. The summed E-state index contributed by atoms with van der Waals surface area (Å²) >= 11 is 0. The molecule has 1 spiro atoms. The molecule has 0 N–H and O–H groups in total. The van der Waals surface area contributed by atoms with E-state index in [4.69, 9.17) is 4.74 Å². The third-order valence-electron chi connectivity index (χ3n) is 5.47. The minimum atomic E-state index is -3.53. The van der Waals surface area contributed by atoms with Gasteiger partial charge in [-0.3, -0.25) is 4.79 Å². The number of rotatable bonds is 4. The summed E-state index contributed by atoms with van der Waals surface area (Å²) in [6, 6.07) is 15.9. The van der Waals surface area contributed by atoms with Crippen molar-refractivity contribution < 1.29 is 17.9 Å². The van der Waals surface area contributed by atoms with Gasteiger partial charge in [-0.2, -0.15) is 4.31 Å². The van der Waals surface area contributed by atoms with Crippen molar-refractivity contribution in [1.29, 1.82) is 0 Å². The summed E-state index contributed by atoms with van der Waals surface area (Å²) in [5.41, 5.74) is 0.461. The van der Waals surface area contributed by atoms with Crippen LogP contribution in [0.3, 0.4) is 0 Å². The largest absolute Gasteiger partial charge is 0.497 e. The van der Waals surface area contributed by atoms with Gasteiger partial charge < -0.3 is 9.64 Å². The minimum Gasteiger partial charge on any atom is -0.497 e. The van der Waals surface area contributed by atoms with Gasteiger partial charge in [0.15, 0.2) is 0 Å². The zero-order valence-corrected chi connectivity index (χ0v) is 16.0. The number of hydrogen-bond acceptors (Lipinski definition) is 4. The highest BCUT2D eigenvalue weighted by atomic mass is 32.2. The van der Waals surface area contributed by atoms with Gasteiger partial charge in [0.05, 0.1) is 12.0 Å². The van der Waals surface area contributed by atoms with Crippen LogP contribution in [-0.2, 0) is 14.8 Å². The first-order valence-corrected chi connectivity index (χ1v) is 10.4. The van der Waals surface area contributed by atoms with Crippen molar-refractivity contribution in [1.82, 2.24) is 4.31 Å². The number of methoxy groups -OCH3 is 1. The molecular formula is C20H22N2O4S. The highest BCUT2D eigenvalue weighted by Crippen LogP contribution is 2.43. The second kappa shape index (κ2) is 6.65. The molecule has 6 nitrogen and oxygen atoms in total.